The SMILES string of the molecule is O=C1C2C([C@@H]3C=C[C@H]2C3)[C@H](O)[C@@H]2O[C@H]12. The Kier molecular flexibility index (Phi) is 1.15. The molecule has 3 fully saturated rings. The summed E-state index contributed by atoms with van der Waals surface area (Å²) in [5.41, 5.74) is 0. The molecule has 4 rings (SSSR count). The van der Waals surface area contributed by atoms with Crippen LogP contribution in [0.15, 0.2) is 12.2 Å². The first-order valence-corrected chi connectivity index (χ1v) is 5.33. The molecule has 74 valence electrons. The minimum absolute atomic E-state index is 0.0590. The van der Waals surface area contributed by atoms with Crippen molar-refractivity contribution < 1.29 is 14.6 Å². The van der Waals surface area contributed by atoms with Crippen LogP contribution in [0.5, 0.6) is 0 Å². The van der Waals surface area contributed by atoms with Crippen molar-refractivity contribution in [2.24, 2.45) is 23.7 Å². The maximum Gasteiger partial charge on any atom is 0.168 e. The summed E-state index contributed by atoms with van der Waals surface area (Å²) >= 11 is 0. The van der Waals surface area contributed by atoms with Gasteiger partial charge in [0.2, 0.25) is 0 Å². The lowest BCUT2D eigenvalue weighted by Gasteiger charge is -2.32. The van der Waals surface area contributed by atoms with E-state index in [1.807, 2.05) is 0 Å². The number of hydrogen-bond donors (Lipinski definition) is 1. The van der Waals surface area contributed by atoms with Gasteiger partial charge in [-0.1, -0.05) is 12.2 Å². The summed E-state index contributed by atoms with van der Waals surface area (Å²) in [4.78, 5) is 11.9. The molecule has 0 spiro atoms. The van der Waals surface area contributed by atoms with E-state index in [0.717, 1.165) is 6.42 Å². The fraction of sp³-hybridized carbons (Fsp3) is 0.727. The highest BCUT2D eigenvalue weighted by Gasteiger charge is 2.65. The first-order valence-electron chi connectivity index (χ1n) is 5.33. The van der Waals surface area contributed by atoms with Crippen molar-refractivity contribution >= 4 is 5.78 Å². The zero-order valence-corrected chi connectivity index (χ0v) is 7.67. The van der Waals surface area contributed by atoms with Gasteiger partial charge in [-0.05, 0) is 18.3 Å². The Hall–Kier alpha value is -0.670. The van der Waals surface area contributed by atoms with E-state index < -0.39 is 6.10 Å². The molecular formula is C11H12O3. The lowest BCUT2D eigenvalue weighted by atomic mass is 9.71. The van der Waals surface area contributed by atoms with Crippen molar-refractivity contribution in [3.8, 4) is 0 Å². The molecule has 2 bridgehead atoms. The molecule has 1 aliphatic heterocycles. The minimum Gasteiger partial charge on any atom is -0.390 e. The molecule has 4 aliphatic rings. The van der Waals surface area contributed by atoms with Gasteiger partial charge in [-0.3, -0.25) is 4.79 Å². The van der Waals surface area contributed by atoms with Crippen molar-refractivity contribution in [1.29, 1.82) is 0 Å². The molecule has 0 radical (unpaired) electrons. The maximum absolute atomic E-state index is 11.9. The van der Waals surface area contributed by atoms with E-state index >= 15 is 0 Å². The van der Waals surface area contributed by atoms with E-state index in [-0.39, 0.29) is 29.8 Å². The van der Waals surface area contributed by atoms with E-state index in [1.54, 1.807) is 0 Å². The molecule has 0 aromatic heterocycles. The average molecular weight is 192 g/mol. The number of aliphatic hydroxyl groups excluding tert-OH is 1. The summed E-state index contributed by atoms with van der Waals surface area (Å²) < 4.78 is 5.24. The first-order chi connectivity index (χ1) is 6.77. The van der Waals surface area contributed by atoms with Crippen molar-refractivity contribution in [2.45, 2.75) is 24.7 Å². The average Bonchev–Trinajstić information content (AvgIpc) is 2.74. The molecule has 2 saturated carbocycles. The predicted molar refractivity (Wildman–Crippen MR) is 47.4 cm³/mol. The van der Waals surface area contributed by atoms with Gasteiger partial charge in [0.15, 0.2) is 5.78 Å². The third-order valence-electron chi connectivity index (χ3n) is 4.39. The number of carbonyl (C=O) groups is 1. The summed E-state index contributed by atoms with van der Waals surface area (Å²) in [5.74, 6) is 1.28. The largest absolute Gasteiger partial charge is 0.390 e. The van der Waals surface area contributed by atoms with Crippen molar-refractivity contribution in [2.75, 3.05) is 0 Å². The van der Waals surface area contributed by atoms with E-state index in [1.165, 1.54) is 0 Å². The van der Waals surface area contributed by atoms with Gasteiger partial charge in [0.25, 0.3) is 0 Å². The summed E-state index contributed by atoms with van der Waals surface area (Å²) in [6.07, 6.45) is 4.56. The summed E-state index contributed by atoms with van der Waals surface area (Å²) in [7, 11) is 0. The Labute approximate surface area is 81.7 Å². The summed E-state index contributed by atoms with van der Waals surface area (Å²) in [5, 5.41) is 10.0. The normalized spacial score (nSPS) is 62.6. The fourth-order valence-electron chi connectivity index (χ4n) is 3.75. The molecule has 1 N–H and O–H groups in total. The third kappa shape index (κ3) is 0.675. The van der Waals surface area contributed by atoms with E-state index in [0.29, 0.717) is 11.8 Å². The fourth-order valence-corrected chi connectivity index (χ4v) is 3.75. The highest BCUT2D eigenvalue weighted by Crippen LogP contribution is 2.56. The van der Waals surface area contributed by atoms with Crippen LogP contribution >= 0.6 is 0 Å². The van der Waals surface area contributed by atoms with Crippen LogP contribution in [-0.4, -0.2) is 29.2 Å². The molecule has 3 aliphatic carbocycles. The smallest absolute Gasteiger partial charge is 0.168 e. The molecule has 7 atom stereocenters. The second-order valence-corrected chi connectivity index (χ2v) is 4.97. The van der Waals surface area contributed by atoms with Crippen LogP contribution < -0.4 is 0 Å². The Morgan fingerprint density at radius 1 is 1.36 bits per heavy atom. The molecule has 0 aromatic carbocycles. The van der Waals surface area contributed by atoms with Crippen molar-refractivity contribution in [3.63, 3.8) is 0 Å². The second-order valence-electron chi connectivity index (χ2n) is 4.97. The number of ketones is 1. The molecule has 1 heterocycles. The lowest BCUT2D eigenvalue weighted by Crippen LogP contribution is -2.45. The topological polar surface area (TPSA) is 49.8 Å². The number of ether oxygens (including phenoxy) is 1. The maximum atomic E-state index is 11.9. The number of epoxide rings is 1. The van der Waals surface area contributed by atoms with Gasteiger partial charge < -0.3 is 9.84 Å². The Morgan fingerprint density at radius 3 is 3.00 bits per heavy atom. The molecule has 2 unspecified atom stereocenters. The number of carbonyl (C=O) groups excluding carboxylic acids is 1. The highest BCUT2D eigenvalue weighted by atomic mass is 16.6. The number of aliphatic hydroxyl groups is 1. The number of allylic oxidation sites excluding steroid dienone is 2. The van der Waals surface area contributed by atoms with E-state index in [9.17, 15) is 9.90 Å². The molecular weight excluding hydrogens is 180 g/mol. The van der Waals surface area contributed by atoms with Crippen LogP contribution in [0.25, 0.3) is 0 Å². The third-order valence-corrected chi connectivity index (χ3v) is 4.39. The van der Waals surface area contributed by atoms with Gasteiger partial charge in [-0.2, -0.15) is 0 Å². The monoisotopic (exact) mass is 192 g/mol. The van der Waals surface area contributed by atoms with Crippen LogP contribution in [-0.2, 0) is 9.53 Å². The standard InChI is InChI=1S/C11H12O3/c12-8-6-4-1-2-5(3-4)7(6)9(13)11-10(8)14-11/h1-2,4-8,10-12H,3H2/t4-,5+,6?,7?,8+,10+,11-/m1/s1. The van der Waals surface area contributed by atoms with Crippen molar-refractivity contribution in [1.82, 2.24) is 0 Å². The number of hydrogen-bond acceptors (Lipinski definition) is 3. The van der Waals surface area contributed by atoms with Gasteiger partial charge >= 0.3 is 0 Å². The molecule has 0 aromatic rings. The molecule has 14 heavy (non-hydrogen) atoms. The quantitative estimate of drug-likeness (QED) is 0.438. The number of Topliss-reactive ketones (excluding diaryl/α,β-unsaturated/α-hetero) is 1. The summed E-state index contributed by atoms with van der Waals surface area (Å²) in [6, 6.07) is 0. The molecule has 0 amide bonds. The molecule has 3 nitrogen and oxygen atoms in total. The van der Waals surface area contributed by atoms with Gasteiger partial charge in [-0.15, -0.1) is 0 Å². The summed E-state index contributed by atoms with van der Waals surface area (Å²) in [6.45, 7) is 0. The highest BCUT2D eigenvalue weighted by molar-refractivity contribution is 5.91. The van der Waals surface area contributed by atoms with Crippen LogP contribution in [0.1, 0.15) is 6.42 Å². The first kappa shape index (κ1) is 7.60. The lowest BCUT2D eigenvalue weighted by molar-refractivity contribution is -0.129. The second kappa shape index (κ2) is 2.12. The zero-order valence-electron chi connectivity index (χ0n) is 7.67. The van der Waals surface area contributed by atoms with E-state index in [2.05, 4.69) is 12.2 Å². The van der Waals surface area contributed by atoms with Gasteiger partial charge in [0.05, 0.1) is 6.10 Å². The van der Waals surface area contributed by atoms with Gasteiger partial charge in [0.1, 0.15) is 12.2 Å². The van der Waals surface area contributed by atoms with E-state index in [4.69, 9.17) is 4.74 Å². The Balaban J connectivity index is 1.80. The Morgan fingerprint density at radius 2 is 2.14 bits per heavy atom. The van der Waals surface area contributed by atoms with Crippen LogP contribution in [0.2, 0.25) is 0 Å². The zero-order chi connectivity index (χ0) is 9.45. The molecule has 1 saturated heterocycles. The predicted octanol–water partition coefficient (Wildman–Crippen LogP) is 0.136. The van der Waals surface area contributed by atoms with Crippen LogP contribution in [0.3, 0.4) is 0 Å². The number of rotatable bonds is 0. The van der Waals surface area contributed by atoms with Gasteiger partial charge in [-0.25, -0.2) is 0 Å². The van der Waals surface area contributed by atoms with Gasteiger partial charge in [0, 0.05) is 11.8 Å². The number of fused-ring (bicyclic) bond motifs is 6. The molecule has 3 heteroatoms. The van der Waals surface area contributed by atoms with Crippen LogP contribution in [0.4, 0.5) is 0 Å². The Bertz CT molecular complexity index is 348. The van der Waals surface area contributed by atoms with Crippen molar-refractivity contribution in [3.05, 3.63) is 12.2 Å². The minimum atomic E-state index is -0.400. The van der Waals surface area contributed by atoms with Crippen LogP contribution in [0, 0.1) is 23.7 Å².